The van der Waals surface area contributed by atoms with Gasteiger partial charge in [-0.05, 0) is 17.7 Å². The lowest BCUT2D eigenvalue weighted by Gasteiger charge is -2.17. The van der Waals surface area contributed by atoms with Gasteiger partial charge in [-0.1, -0.05) is 18.1 Å². The number of carbonyl (C=O) groups excluding carboxylic acids is 1. The van der Waals surface area contributed by atoms with Gasteiger partial charge in [0, 0.05) is 13.6 Å². The fourth-order valence-electron chi connectivity index (χ4n) is 1.39. The van der Waals surface area contributed by atoms with Gasteiger partial charge in [0.2, 0.25) is 5.91 Å². The molecule has 4 heteroatoms. The quantitative estimate of drug-likeness (QED) is 0.576. The minimum Gasteiger partial charge on any atom is -0.508 e. The molecule has 1 aromatic rings. The van der Waals surface area contributed by atoms with Gasteiger partial charge in [0.25, 0.3) is 0 Å². The van der Waals surface area contributed by atoms with E-state index in [0.717, 1.165) is 5.56 Å². The summed E-state index contributed by atoms with van der Waals surface area (Å²) in [6.07, 6.45) is 5.07. The topological polar surface area (TPSA) is 52.6 Å². The van der Waals surface area contributed by atoms with E-state index in [1.807, 2.05) is 6.07 Å². The van der Waals surface area contributed by atoms with Crippen LogP contribution in [0.2, 0.25) is 0 Å². The van der Waals surface area contributed by atoms with Gasteiger partial charge in [-0.15, -0.1) is 6.42 Å². The van der Waals surface area contributed by atoms with Crippen molar-refractivity contribution in [2.45, 2.75) is 6.54 Å². The number of hydrogen-bond acceptors (Lipinski definition) is 3. The van der Waals surface area contributed by atoms with Gasteiger partial charge in [0.15, 0.2) is 0 Å². The van der Waals surface area contributed by atoms with Gasteiger partial charge in [-0.25, -0.2) is 0 Å². The lowest BCUT2D eigenvalue weighted by atomic mass is 10.2. The number of carbonyl (C=O) groups is 1. The largest absolute Gasteiger partial charge is 0.508 e. The first-order valence-corrected chi connectivity index (χ1v) is 5.29. The second-order valence-electron chi connectivity index (χ2n) is 3.73. The molecule has 0 saturated heterocycles. The highest BCUT2D eigenvalue weighted by Crippen LogP contribution is 2.12. The van der Waals surface area contributed by atoms with E-state index in [2.05, 4.69) is 11.2 Å². The molecule has 90 valence electrons. The highest BCUT2D eigenvalue weighted by molar-refractivity contribution is 5.78. The molecule has 0 fully saturated rings. The molecular formula is C13H16N2O2. The van der Waals surface area contributed by atoms with E-state index in [-0.39, 0.29) is 18.2 Å². The SMILES string of the molecule is C#CCNCC(=O)N(C)Cc1cccc(O)c1. The smallest absolute Gasteiger partial charge is 0.236 e. The third kappa shape index (κ3) is 4.58. The second kappa shape index (κ2) is 6.56. The fourth-order valence-corrected chi connectivity index (χ4v) is 1.39. The number of terminal acetylenes is 1. The van der Waals surface area contributed by atoms with Crippen LogP contribution >= 0.6 is 0 Å². The fraction of sp³-hybridized carbons (Fsp3) is 0.308. The normalized spacial score (nSPS) is 9.65. The predicted octanol–water partition coefficient (Wildman–Crippen LogP) is 0.573. The Kier molecular flexibility index (Phi) is 5.05. The van der Waals surface area contributed by atoms with Gasteiger partial charge >= 0.3 is 0 Å². The highest BCUT2D eigenvalue weighted by Gasteiger charge is 2.08. The summed E-state index contributed by atoms with van der Waals surface area (Å²) in [4.78, 5) is 13.2. The van der Waals surface area contributed by atoms with Crippen LogP contribution in [0.5, 0.6) is 5.75 Å². The molecule has 0 unspecified atom stereocenters. The van der Waals surface area contributed by atoms with Crippen LogP contribution in [0.3, 0.4) is 0 Å². The number of nitrogens with one attached hydrogen (secondary N) is 1. The van der Waals surface area contributed by atoms with Crippen LogP contribution in [0.4, 0.5) is 0 Å². The third-order valence-electron chi connectivity index (χ3n) is 2.26. The van der Waals surface area contributed by atoms with Crippen molar-refractivity contribution in [3.63, 3.8) is 0 Å². The van der Waals surface area contributed by atoms with E-state index < -0.39 is 0 Å². The second-order valence-corrected chi connectivity index (χ2v) is 3.73. The van der Waals surface area contributed by atoms with Gasteiger partial charge in [0.1, 0.15) is 5.75 Å². The summed E-state index contributed by atoms with van der Waals surface area (Å²) in [5.41, 5.74) is 0.887. The third-order valence-corrected chi connectivity index (χ3v) is 2.26. The maximum atomic E-state index is 11.6. The Morgan fingerprint density at radius 1 is 1.59 bits per heavy atom. The van der Waals surface area contributed by atoms with E-state index in [1.54, 1.807) is 30.1 Å². The van der Waals surface area contributed by atoms with Crippen LogP contribution in [0, 0.1) is 12.3 Å². The summed E-state index contributed by atoms with van der Waals surface area (Å²) < 4.78 is 0. The molecule has 0 aliphatic rings. The maximum Gasteiger partial charge on any atom is 0.236 e. The van der Waals surface area contributed by atoms with Crippen LogP contribution in [0.1, 0.15) is 5.56 Å². The standard InChI is InChI=1S/C13H16N2O2/c1-3-7-14-9-13(17)15(2)10-11-5-4-6-12(16)8-11/h1,4-6,8,14,16H,7,9-10H2,2H3. The lowest BCUT2D eigenvalue weighted by molar-refractivity contribution is -0.129. The molecule has 0 spiro atoms. The minimum absolute atomic E-state index is 0.0383. The molecule has 4 nitrogen and oxygen atoms in total. The molecule has 0 bridgehead atoms. The number of nitrogens with zero attached hydrogens (tertiary/aromatic N) is 1. The molecule has 0 saturated carbocycles. The van der Waals surface area contributed by atoms with Crippen molar-refractivity contribution in [1.82, 2.24) is 10.2 Å². The van der Waals surface area contributed by atoms with Crippen molar-refractivity contribution < 1.29 is 9.90 Å². The molecule has 0 heterocycles. The predicted molar refractivity (Wildman–Crippen MR) is 66.3 cm³/mol. The molecule has 0 aliphatic heterocycles. The van der Waals surface area contributed by atoms with E-state index in [0.29, 0.717) is 13.1 Å². The highest BCUT2D eigenvalue weighted by atomic mass is 16.3. The van der Waals surface area contributed by atoms with Crippen molar-refractivity contribution in [1.29, 1.82) is 0 Å². The first kappa shape index (κ1) is 13.1. The summed E-state index contributed by atoms with van der Waals surface area (Å²) in [6.45, 7) is 1.07. The summed E-state index contributed by atoms with van der Waals surface area (Å²) in [5, 5.41) is 12.1. The van der Waals surface area contributed by atoms with E-state index >= 15 is 0 Å². The molecule has 1 rings (SSSR count). The van der Waals surface area contributed by atoms with Crippen LogP contribution < -0.4 is 5.32 Å². The summed E-state index contributed by atoms with van der Waals surface area (Å²) in [7, 11) is 1.71. The molecule has 0 atom stereocenters. The van der Waals surface area contributed by atoms with E-state index in [9.17, 15) is 9.90 Å². The number of amides is 1. The molecule has 1 amide bonds. The minimum atomic E-state index is -0.0383. The Balaban J connectivity index is 2.46. The molecule has 0 aliphatic carbocycles. The average Bonchev–Trinajstić information content (AvgIpc) is 2.29. The number of hydrogen-bond donors (Lipinski definition) is 2. The lowest BCUT2D eigenvalue weighted by Crippen LogP contribution is -2.35. The maximum absolute atomic E-state index is 11.6. The van der Waals surface area contributed by atoms with Crippen LogP contribution in [-0.2, 0) is 11.3 Å². The van der Waals surface area contributed by atoms with Crippen LogP contribution in [0.15, 0.2) is 24.3 Å². The Hall–Kier alpha value is -1.99. The molecular weight excluding hydrogens is 216 g/mol. The number of aromatic hydroxyl groups is 1. The zero-order chi connectivity index (χ0) is 12.7. The molecule has 17 heavy (non-hydrogen) atoms. The number of rotatable bonds is 5. The Bertz CT molecular complexity index is 424. The van der Waals surface area contributed by atoms with Crippen molar-refractivity contribution in [3.8, 4) is 18.1 Å². The summed E-state index contributed by atoms with van der Waals surface area (Å²) >= 11 is 0. The first-order chi connectivity index (χ1) is 8.13. The summed E-state index contributed by atoms with van der Waals surface area (Å²) in [5.74, 6) is 2.57. The Morgan fingerprint density at radius 3 is 3.00 bits per heavy atom. The average molecular weight is 232 g/mol. The van der Waals surface area contributed by atoms with Crippen molar-refractivity contribution in [2.24, 2.45) is 0 Å². The van der Waals surface area contributed by atoms with E-state index in [4.69, 9.17) is 6.42 Å². The van der Waals surface area contributed by atoms with Crippen molar-refractivity contribution in [2.75, 3.05) is 20.1 Å². The molecule has 0 radical (unpaired) electrons. The molecule has 1 aromatic carbocycles. The van der Waals surface area contributed by atoms with Crippen molar-refractivity contribution in [3.05, 3.63) is 29.8 Å². The Morgan fingerprint density at radius 2 is 2.35 bits per heavy atom. The number of likely N-dealkylation sites (N-methyl/N-ethyl adjacent to an activating group) is 1. The zero-order valence-electron chi connectivity index (χ0n) is 9.81. The van der Waals surface area contributed by atoms with E-state index in [1.165, 1.54) is 0 Å². The number of phenolic OH excluding ortho intramolecular Hbond substituents is 1. The van der Waals surface area contributed by atoms with Gasteiger partial charge < -0.3 is 10.0 Å². The monoisotopic (exact) mass is 232 g/mol. The van der Waals surface area contributed by atoms with Crippen molar-refractivity contribution >= 4 is 5.91 Å². The first-order valence-electron chi connectivity index (χ1n) is 5.29. The van der Waals surface area contributed by atoms with Crippen LogP contribution in [0.25, 0.3) is 0 Å². The Labute approximate surface area is 101 Å². The molecule has 0 aromatic heterocycles. The number of phenols is 1. The van der Waals surface area contributed by atoms with Gasteiger partial charge in [-0.3, -0.25) is 10.1 Å². The van der Waals surface area contributed by atoms with Crippen LogP contribution in [-0.4, -0.2) is 36.1 Å². The zero-order valence-corrected chi connectivity index (χ0v) is 9.81. The number of benzene rings is 1. The van der Waals surface area contributed by atoms with Gasteiger partial charge in [-0.2, -0.15) is 0 Å². The summed E-state index contributed by atoms with van der Waals surface area (Å²) in [6, 6.07) is 6.84. The molecule has 2 N–H and O–H groups in total. The van der Waals surface area contributed by atoms with Gasteiger partial charge in [0.05, 0.1) is 13.1 Å².